The van der Waals surface area contributed by atoms with Crippen molar-refractivity contribution in [3.63, 3.8) is 0 Å². The van der Waals surface area contributed by atoms with Gasteiger partial charge in [-0.05, 0) is 47.4 Å². The number of rotatable bonds is 9. The molecule has 0 radical (unpaired) electrons. The fourth-order valence-electron chi connectivity index (χ4n) is 4.46. The molecule has 0 spiro atoms. The van der Waals surface area contributed by atoms with Gasteiger partial charge in [0.05, 0.1) is 0 Å². The van der Waals surface area contributed by atoms with E-state index in [1.165, 1.54) is 0 Å². The Morgan fingerprint density at radius 1 is 1.03 bits per heavy atom. The fraction of sp³-hybridized carbons (Fsp3) is 0.400. The van der Waals surface area contributed by atoms with Gasteiger partial charge in [-0.15, -0.1) is 0 Å². The Labute approximate surface area is 195 Å². The Hall–Kier alpha value is -3.49. The topological polar surface area (TPSA) is 105 Å². The summed E-state index contributed by atoms with van der Waals surface area (Å²) in [5, 5.41) is 13.4. The molecule has 0 heterocycles. The summed E-state index contributed by atoms with van der Waals surface area (Å²) in [5.74, 6) is -8.03. The second-order valence-corrected chi connectivity index (χ2v) is 8.68. The van der Waals surface area contributed by atoms with Crippen LogP contribution >= 0.6 is 0 Å². The minimum atomic E-state index is -4.10. The van der Waals surface area contributed by atoms with E-state index < -0.39 is 41.9 Å². The number of benzene rings is 2. The summed E-state index contributed by atoms with van der Waals surface area (Å²) in [6.07, 6.45) is 0.0813. The van der Waals surface area contributed by atoms with E-state index >= 15 is 0 Å². The molecule has 0 aliphatic heterocycles. The summed E-state index contributed by atoms with van der Waals surface area (Å²) in [6, 6.07) is 12.7. The molecule has 34 heavy (non-hydrogen) atoms. The minimum Gasteiger partial charge on any atom is -0.477 e. The number of halogens is 2. The molecule has 0 bridgehead atoms. The van der Waals surface area contributed by atoms with Gasteiger partial charge in [-0.2, -0.15) is 8.78 Å². The molecule has 1 fully saturated rings. The molecule has 4 rings (SSSR count). The van der Waals surface area contributed by atoms with Gasteiger partial charge in [-0.1, -0.05) is 55.5 Å². The van der Waals surface area contributed by atoms with Crippen LogP contribution in [0.25, 0.3) is 11.1 Å². The lowest BCUT2D eigenvalue weighted by atomic mass is 9.98. The summed E-state index contributed by atoms with van der Waals surface area (Å²) >= 11 is 0. The molecule has 2 atom stereocenters. The van der Waals surface area contributed by atoms with E-state index in [9.17, 15) is 23.2 Å². The summed E-state index contributed by atoms with van der Waals surface area (Å²) in [7, 11) is 0. The van der Waals surface area contributed by atoms with Gasteiger partial charge in [0.2, 0.25) is 5.91 Å². The highest BCUT2D eigenvalue weighted by Crippen LogP contribution is 2.44. The maximum Gasteiger partial charge on any atom is 0.407 e. The summed E-state index contributed by atoms with van der Waals surface area (Å²) < 4.78 is 33.6. The fourth-order valence-corrected chi connectivity index (χ4v) is 4.46. The molecule has 0 saturated heterocycles. The number of carbonyl (C=O) groups is 3. The van der Waals surface area contributed by atoms with Crippen LogP contribution in [0.15, 0.2) is 48.5 Å². The number of alkyl halides is 2. The van der Waals surface area contributed by atoms with Crippen molar-refractivity contribution in [2.75, 3.05) is 6.61 Å². The number of alkyl carbamates (subject to hydrolysis) is 1. The van der Waals surface area contributed by atoms with Crippen LogP contribution in [0.5, 0.6) is 0 Å². The van der Waals surface area contributed by atoms with E-state index in [2.05, 4.69) is 10.6 Å². The van der Waals surface area contributed by atoms with Crippen molar-refractivity contribution in [2.24, 2.45) is 5.92 Å². The second kappa shape index (κ2) is 9.40. The van der Waals surface area contributed by atoms with Gasteiger partial charge in [-0.25, -0.2) is 9.59 Å². The predicted octanol–water partition coefficient (Wildman–Crippen LogP) is 3.92. The van der Waals surface area contributed by atoms with Crippen LogP contribution in [0.1, 0.15) is 43.2 Å². The maximum absolute atomic E-state index is 14.1. The Morgan fingerprint density at radius 3 is 2.09 bits per heavy atom. The zero-order valence-corrected chi connectivity index (χ0v) is 18.6. The quantitative estimate of drug-likeness (QED) is 0.513. The lowest BCUT2D eigenvalue weighted by Gasteiger charge is -2.26. The van der Waals surface area contributed by atoms with Crippen molar-refractivity contribution < 1.29 is 33.0 Å². The predicted molar refractivity (Wildman–Crippen MR) is 120 cm³/mol. The molecule has 1 saturated carbocycles. The highest BCUT2D eigenvalue weighted by Gasteiger charge is 2.55. The molecule has 2 aromatic carbocycles. The first-order chi connectivity index (χ1) is 16.2. The summed E-state index contributed by atoms with van der Waals surface area (Å²) in [6.45, 7) is 1.65. The largest absolute Gasteiger partial charge is 0.477 e. The molecule has 2 aliphatic rings. The number of ether oxygens (including phenoxy) is 1. The van der Waals surface area contributed by atoms with Gasteiger partial charge in [0.1, 0.15) is 18.7 Å². The van der Waals surface area contributed by atoms with Gasteiger partial charge in [0.25, 0.3) is 0 Å². The van der Waals surface area contributed by atoms with E-state index in [0.717, 1.165) is 22.3 Å². The highest BCUT2D eigenvalue weighted by molar-refractivity contribution is 5.87. The SMILES string of the molecule is CC[C@@H](NC(=O)OCC1c2ccccc2-c2ccccc21)C(=O)NC(C1CC1)C(F)(F)C(=O)O. The smallest absolute Gasteiger partial charge is 0.407 e. The van der Waals surface area contributed by atoms with Crippen LogP contribution in [0.2, 0.25) is 0 Å². The summed E-state index contributed by atoms with van der Waals surface area (Å²) in [4.78, 5) is 36.1. The van der Waals surface area contributed by atoms with Gasteiger partial charge < -0.3 is 20.5 Å². The molecule has 1 unspecified atom stereocenters. The van der Waals surface area contributed by atoms with Crippen LogP contribution in [0.3, 0.4) is 0 Å². The molecule has 2 aromatic rings. The van der Waals surface area contributed by atoms with E-state index in [0.29, 0.717) is 12.8 Å². The zero-order chi connectivity index (χ0) is 24.5. The van der Waals surface area contributed by atoms with Crippen LogP contribution in [0, 0.1) is 5.92 Å². The monoisotopic (exact) mass is 472 g/mol. The zero-order valence-electron chi connectivity index (χ0n) is 18.6. The van der Waals surface area contributed by atoms with Crippen LogP contribution in [0.4, 0.5) is 13.6 Å². The lowest BCUT2D eigenvalue weighted by Crippen LogP contribution is -2.57. The average molecular weight is 472 g/mol. The molecule has 2 aliphatic carbocycles. The number of hydrogen-bond donors (Lipinski definition) is 3. The summed E-state index contributed by atoms with van der Waals surface area (Å²) in [5.41, 5.74) is 4.21. The normalized spacial score (nSPS) is 16.7. The molecule has 180 valence electrons. The number of amides is 2. The number of nitrogens with one attached hydrogen (secondary N) is 2. The van der Waals surface area contributed by atoms with E-state index in [4.69, 9.17) is 9.84 Å². The van der Waals surface area contributed by atoms with E-state index in [-0.39, 0.29) is 18.9 Å². The minimum absolute atomic E-state index is 0.0414. The van der Waals surface area contributed by atoms with E-state index in [1.54, 1.807) is 6.92 Å². The third-order valence-corrected chi connectivity index (χ3v) is 6.43. The number of hydrogen-bond acceptors (Lipinski definition) is 4. The van der Waals surface area contributed by atoms with Gasteiger partial charge >= 0.3 is 18.0 Å². The van der Waals surface area contributed by atoms with Gasteiger partial charge in [-0.3, -0.25) is 4.79 Å². The van der Waals surface area contributed by atoms with Crippen molar-refractivity contribution in [3.8, 4) is 11.1 Å². The van der Waals surface area contributed by atoms with Crippen LogP contribution in [-0.4, -0.2) is 47.7 Å². The first kappa shape index (κ1) is 23.7. The number of fused-ring (bicyclic) bond motifs is 3. The molecule has 0 aromatic heterocycles. The first-order valence-corrected chi connectivity index (χ1v) is 11.3. The highest BCUT2D eigenvalue weighted by atomic mass is 19.3. The molecule has 9 heteroatoms. The number of carboxylic acids is 1. The van der Waals surface area contributed by atoms with Crippen molar-refractivity contribution in [2.45, 2.75) is 50.1 Å². The Bertz CT molecular complexity index is 1060. The molecule has 3 N–H and O–H groups in total. The van der Waals surface area contributed by atoms with Gasteiger partial charge in [0, 0.05) is 5.92 Å². The van der Waals surface area contributed by atoms with Crippen molar-refractivity contribution >= 4 is 18.0 Å². The Morgan fingerprint density at radius 2 is 1.59 bits per heavy atom. The van der Waals surface area contributed by atoms with Crippen LogP contribution < -0.4 is 10.6 Å². The molecule has 2 amide bonds. The number of carboxylic acid groups (broad SMARTS) is 1. The number of carbonyl (C=O) groups excluding carboxylic acids is 2. The van der Waals surface area contributed by atoms with Crippen molar-refractivity contribution in [1.82, 2.24) is 10.6 Å². The number of aliphatic carboxylic acids is 1. The molecule has 7 nitrogen and oxygen atoms in total. The standard InChI is InChI=1S/C25H26F2N2O5/c1-2-20(22(30)29-21(14-11-12-14)25(26,27)23(31)32)28-24(33)34-13-19-17-9-5-3-7-15(17)16-8-4-6-10-18(16)19/h3-10,14,19-21H,2,11-13H2,1H3,(H,28,33)(H,29,30)(H,31,32)/t20-,21?/m1/s1. The first-order valence-electron chi connectivity index (χ1n) is 11.3. The Kier molecular flexibility index (Phi) is 6.54. The maximum atomic E-state index is 14.1. The third-order valence-electron chi connectivity index (χ3n) is 6.43. The Balaban J connectivity index is 1.38. The van der Waals surface area contributed by atoms with Crippen molar-refractivity contribution in [3.05, 3.63) is 59.7 Å². The van der Waals surface area contributed by atoms with Gasteiger partial charge in [0.15, 0.2) is 0 Å². The molecular weight excluding hydrogens is 446 g/mol. The third kappa shape index (κ3) is 4.60. The molecular formula is C25H26F2N2O5. The average Bonchev–Trinajstić information content (AvgIpc) is 3.61. The van der Waals surface area contributed by atoms with Crippen molar-refractivity contribution in [1.29, 1.82) is 0 Å². The van der Waals surface area contributed by atoms with Crippen LogP contribution in [-0.2, 0) is 14.3 Å². The lowest BCUT2D eigenvalue weighted by molar-refractivity contribution is -0.171. The second-order valence-electron chi connectivity index (χ2n) is 8.68. The van der Waals surface area contributed by atoms with E-state index in [1.807, 2.05) is 48.5 Å².